The molecule has 11 heteroatoms. The Kier molecular flexibility index (Phi) is 12.4. The third kappa shape index (κ3) is 12.6. The molecule has 24 heavy (non-hydrogen) atoms. The lowest BCUT2D eigenvalue weighted by molar-refractivity contribution is -0.152. The Morgan fingerprint density at radius 3 is 1.25 bits per heavy atom. The van der Waals surface area contributed by atoms with Crippen molar-refractivity contribution in [2.45, 2.75) is 18.3 Å². The molecule has 0 aromatic carbocycles. The summed E-state index contributed by atoms with van der Waals surface area (Å²) in [7, 11) is 0. The Morgan fingerprint density at radius 2 is 0.958 bits per heavy atom. The van der Waals surface area contributed by atoms with Crippen LogP contribution in [0, 0.1) is 0 Å². The number of aliphatic hydroxyl groups excluding tert-OH is 3. The molecule has 0 saturated carbocycles. The lowest BCUT2D eigenvalue weighted by atomic mass is 10.3. The van der Waals surface area contributed by atoms with Crippen molar-refractivity contribution in [3.05, 3.63) is 0 Å². The summed E-state index contributed by atoms with van der Waals surface area (Å²) in [6, 6.07) is 0. The van der Waals surface area contributed by atoms with Crippen LogP contribution in [-0.2, 0) is 38.1 Å². The topological polar surface area (TPSA) is 166 Å². The number of carbonyl (C=O) groups excluding carboxylic acids is 4. The molecule has 0 aliphatic carbocycles. The van der Waals surface area contributed by atoms with Crippen molar-refractivity contribution in [3.63, 3.8) is 0 Å². The minimum Gasteiger partial charge on any atom is -0.457 e. The van der Waals surface area contributed by atoms with Crippen LogP contribution in [0.25, 0.3) is 0 Å². The maximum atomic E-state index is 10.5. The van der Waals surface area contributed by atoms with Crippen molar-refractivity contribution in [1.29, 1.82) is 0 Å². The summed E-state index contributed by atoms with van der Waals surface area (Å²) in [6.45, 7) is -1.73. The maximum Gasteiger partial charge on any atom is 0.371 e. The number of carbonyl (C=O) groups is 4. The van der Waals surface area contributed by atoms with Gasteiger partial charge in [-0.1, -0.05) is 0 Å². The predicted molar refractivity (Wildman–Crippen MR) is 73.7 cm³/mol. The van der Waals surface area contributed by atoms with Gasteiger partial charge in [0, 0.05) is 0 Å². The van der Waals surface area contributed by atoms with Crippen LogP contribution in [0.1, 0.15) is 0 Å². The summed E-state index contributed by atoms with van der Waals surface area (Å²) in [5.74, 6) is -2.22. The Morgan fingerprint density at radius 1 is 0.667 bits per heavy atom. The Bertz CT molecular complexity index is 361. The first kappa shape index (κ1) is 22.1. The third-order valence-electron chi connectivity index (χ3n) is 2.27. The van der Waals surface area contributed by atoms with E-state index in [4.69, 9.17) is 9.47 Å². The van der Waals surface area contributed by atoms with E-state index in [1.807, 2.05) is 0 Å². The van der Waals surface area contributed by atoms with Gasteiger partial charge in [0.2, 0.25) is 12.6 Å². The zero-order valence-corrected chi connectivity index (χ0v) is 12.7. The van der Waals surface area contributed by atoms with Crippen LogP contribution in [0.3, 0.4) is 0 Å². The molecule has 0 bridgehead atoms. The van der Waals surface area contributed by atoms with Crippen molar-refractivity contribution >= 4 is 24.5 Å². The van der Waals surface area contributed by atoms with Crippen molar-refractivity contribution in [2.24, 2.45) is 0 Å². The van der Waals surface area contributed by atoms with Crippen molar-refractivity contribution < 1.29 is 53.4 Å². The van der Waals surface area contributed by atoms with Gasteiger partial charge in [0.25, 0.3) is 0 Å². The molecule has 0 aliphatic heterocycles. The van der Waals surface area contributed by atoms with Crippen LogP contribution < -0.4 is 0 Å². The minimum atomic E-state index is -1.16. The van der Waals surface area contributed by atoms with E-state index in [2.05, 4.69) is 9.47 Å². The average molecular weight is 352 g/mol. The van der Waals surface area contributed by atoms with Gasteiger partial charge in [0.15, 0.2) is 0 Å². The van der Waals surface area contributed by atoms with E-state index < -0.39 is 43.5 Å². The fraction of sp³-hybridized carbons (Fsp3) is 0.692. The molecule has 0 aromatic rings. The summed E-state index contributed by atoms with van der Waals surface area (Å²) in [4.78, 5) is 41.0. The maximum absolute atomic E-state index is 10.5. The van der Waals surface area contributed by atoms with Crippen LogP contribution >= 0.6 is 0 Å². The number of esters is 2. The highest BCUT2D eigenvalue weighted by atomic mass is 16.6. The summed E-state index contributed by atoms with van der Waals surface area (Å²) < 4.78 is 18.6. The number of hydrogen-bond donors (Lipinski definition) is 3. The van der Waals surface area contributed by atoms with Crippen LogP contribution in [-0.4, -0.2) is 97.8 Å². The number of ether oxygens (including phenoxy) is 4. The monoisotopic (exact) mass is 352 g/mol. The van der Waals surface area contributed by atoms with Gasteiger partial charge >= 0.3 is 11.9 Å². The summed E-state index contributed by atoms with van der Waals surface area (Å²) in [5.41, 5.74) is 0. The highest BCUT2D eigenvalue weighted by Crippen LogP contribution is 1.94. The fourth-order valence-corrected chi connectivity index (χ4v) is 1.25. The number of aldehydes is 2. The molecule has 0 saturated heterocycles. The van der Waals surface area contributed by atoms with Crippen LogP contribution in [0.2, 0.25) is 0 Å². The molecule has 2 unspecified atom stereocenters. The van der Waals surface area contributed by atoms with Crippen molar-refractivity contribution in [2.75, 3.05) is 39.6 Å². The highest BCUT2D eigenvalue weighted by molar-refractivity contribution is 6.20. The van der Waals surface area contributed by atoms with Gasteiger partial charge in [-0.25, -0.2) is 9.59 Å². The Balaban J connectivity index is 3.63. The van der Waals surface area contributed by atoms with E-state index in [-0.39, 0.29) is 39.0 Å². The first-order valence-corrected chi connectivity index (χ1v) is 6.82. The van der Waals surface area contributed by atoms with Gasteiger partial charge in [0.05, 0.1) is 26.4 Å². The molecule has 0 amide bonds. The standard InChI is InChI=1S/C13H20O11/c14-1-12(19)23-7-10(17)5-21-3-9(16)4-22-6-11(18)8-24-13(20)2-15/h1-2,9-11,16-18H,3-8H2. The molecule has 0 radical (unpaired) electrons. The van der Waals surface area contributed by atoms with Crippen LogP contribution in [0.5, 0.6) is 0 Å². The van der Waals surface area contributed by atoms with Crippen LogP contribution in [0.4, 0.5) is 0 Å². The lowest BCUT2D eigenvalue weighted by Gasteiger charge is -2.15. The quantitative estimate of drug-likeness (QED) is 0.162. The zero-order chi connectivity index (χ0) is 18.4. The fourth-order valence-electron chi connectivity index (χ4n) is 1.25. The predicted octanol–water partition coefficient (Wildman–Crippen LogP) is -3.41. The normalized spacial score (nSPS) is 14.3. The molecule has 0 aromatic heterocycles. The molecule has 2 atom stereocenters. The van der Waals surface area contributed by atoms with Crippen LogP contribution in [0.15, 0.2) is 0 Å². The van der Waals surface area contributed by atoms with Gasteiger partial charge in [0.1, 0.15) is 31.5 Å². The van der Waals surface area contributed by atoms with Gasteiger partial charge < -0.3 is 34.3 Å². The molecule has 3 N–H and O–H groups in total. The van der Waals surface area contributed by atoms with E-state index in [0.29, 0.717) is 0 Å². The SMILES string of the molecule is O=CC(=O)OCC(O)COCC(O)COCC(O)COC(=O)C=O. The second-order valence-electron chi connectivity index (χ2n) is 4.53. The van der Waals surface area contributed by atoms with E-state index in [1.54, 1.807) is 0 Å². The van der Waals surface area contributed by atoms with Crippen molar-refractivity contribution in [3.8, 4) is 0 Å². The number of aliphatic hydroxyl groups is 3. The van der Waals surface area contributed by atoms with E-state index in [0.717, 1.165) is 0 Å². The molecule has 0 spiro atoms. The summed E-state index contributed by atoms with van der Waals surface area (Å²) in [5, 5.41) is 28.2. The smallest absolute Gasteiger partial charge is 0.371 e. The van der Waals surface area contributed by atoms with E-state index in [9.17, 15) is 34.5 Å². The first-order chi connectivity index (χ1) is 11.4. The highest BCUT2D eigenvalue weighted by Gasteiger charge is 2.12. The van der Waals surface area contributed by atoms with E-state index >= 15 is 0 Å². The molecule has 0 aliphatic rings. The Hall–Kier alpha value is -1.92. The third-order valence-corrected chi connectivity index (χ3v) is 2.27. The molecule has 11 nitrogen and oxygen atoms in total. The van der Waals surface area contributed by atoms with E-state index in [1.165, 1.54) is 0 Å². The van der Waals surface area contributed by atoms with Crippen molar-refractivity contribution in [1.82, 2.24) is 0 Å². The lowest BCUT2D eigenvalue weighted by Crippen LogP contribution is -2.30. The van der Waals surface area contributed by atoms with Gasteiger partial charge in [-0.15, -0.1) is 0 Å². The minimum absolute atomic E-state index is 0.0387. The second kappa shape index (κ2) is 13.5. The number of rotatable bonds is 14. The zero-order valence-electron chi connectivity index (χ0n) is 12.7. The molecule has 0 rings (SSSR count). The average Bonchev–Trinajstić information content (AvgIpc) is 2.57. The van der Waals surface area contributed by atoms with Gasteiger partial charge in [-0.05, 0) is 0 Å². The molecular formula is C13H20O11. The Labute approximate surface area is 137 Å². The first-order valence-electron chi connectivity index (χ1n) is 6.82. The van der Waals surface area contributed by atoms with Gasteiger partial charge in [-0.3, -0.25) is 9.59 Å². The molecular weight excluding hydrogens is 332 g/mol. The molecule has 138 valence electrons. The number of hydrogen-bond acceptors (Lipinski definition) is 11. The summed E-state index contributed by atoms with van der Waals surface area (Å²) in [6.07, 6.45) is -3.45. The van der Waals surface area contributed by atoms with Gasteiger partial charge in [-0.2, -0.15) is 0 Å². The second-order valence-corrected chi connectivity index (χ2v) is 4.53. The molecule has 0 heterocycles. The summed E-state index contributed by atoms with van der Waals surface area (Å²) >= 11 is 0. The largest absolute Gasteiger partial charge is 0.457 e. The molecule has 0 fully saturated rings.